The number of carbonyl (C=O) groups is 1. The first-order valence-electron chi connectivity index (χ1n) is 6.02. The number of hydrogen-bond acceptors (Lipinski definition) is 6. The van der Waals surface area contributed by atoms with Crippen molar-refractivity contribution in [3.05, 3.63) is 47.7 Å². The van der Waals surface area contributed by atoms with Crippen LogP contribution in [0.5, 0.6) is 0 Å². The first-order chi connectivity index (χ1) is 10.3. The fourth-order valence-corrected chi connectivity index (χ4v) is 2.47. The number of carboxylic acid groups (broad SMARTS) is 1. The Kier molecular flexibility index (Phi) is 4.10. The molecule has 0 fully saturated rings. The molecule has 0 aliphatic carbocycles. The number of nitrogens with one attached hydrogen (secondary N) is 1. The summed E-state index contributed by atoms with van der Waals surface area (Å²) >= 11 is 0. The van der Waals surface area contributed by atoms with Gasteiger partial charge in [-0.3, -0.25) is 0 Å². The summed E-state index contributed by atoms with van der Waals surface area (Å²) in [4.78, 5) is 15.3. The third kappa shape index (κ3) is 3.21. The van der Waals surface area contributed by atoms with Crippen molar-refractivity contribution in [1.29, 1.82) is 5.26 Å². The molecule has 0 amide bonds. The van der Waals surface area contributed by atoms with Gasteiger partial charge in [0, 0.05) is 18.1 Å². The van der Waals surface area contributed by atoms with E-state index in [4.69, 9.17) is 5.26 Å². The fourth-order valence-electron chi connectivity index (χ4n) is 1.81. The summed E-state index contributed by atoms with van der Waals surface area (Å²) in [6, 6.07) is 8.96. The average molecular weight is 317 g/mol. The van der Waals surface area contributed by atoms with Gasteiger partial charge in [0.05, 0.1) is 10.5 Å². The van der Waals surface area contributed by atoms with Crippen LogP contribution in [0.1, 0.15) is 15.9 Å². The van der Waals surface area contributed by atoms with Crippen LogP contribution in [0.15, 0.2) is 41.4 Å². The largest absolute Gasteiger partial charge is 0.478 e. The van der Waals surface area contributed by atoms with Crippen molar-refractivity contribution >= 4 is 27.3 Å². The quantitative estimate of drug-likeness (QED) is 0.882. The third-order valence-corrected chi connectivity index (χ3v) is 3.92. The van der Waals surface area contributed by atoms with Gasteiger partial charge in [-0.15, -0.1) is 0 Å². The molecule has 0 spiro atoms. The lowest BCUT2D eigenvalue weighted by molar-refractivity contribution is 0.0697. The van der Waals surface area contributed by atoms with E-state index >= 15 is 0 Å². The second kappa shape index (κ2) is 5.83. The minimum atomic E-state index is -3.39. The van der Waals surface area contributed by atoms with Crippen LogP contribution in [-0.4, -0.2) is 30.7 Å². The average Bonchev–Trinajstić information content (AvgIpc) is 2.46. The lowest BCUT2D eigenvalue weighted by atomic mass is 10.1. The molecular weight excluding hydrogens is 306 g/mol. The molecule has 1 aromatic heterocycles. The van der Waals surface area contributed by atoms with Gasteiger partial charge < -0.3 is 10.4 Å². The molecule has 0 bridgehead atoms. The van der Waals surface area contributed by atoms with Crippen LogP contribution < -0.4 is 5.32 Å². The standard InChI is InChI=1S/C14H11N3O4S/c1-22(20,21)11-4-2-3-10(7-11)17-13-12(14(18)19)9(8-15)5-6-16-13/h2-7H,1H3,(H,16,17)(H,18,19). The highest BCUT2D eigenvalue weighted by Crippen LogP contribution is 2.23. The maximum Gasteiger partial charge on any atom is 0.340 e. The van der Waals surface area contributed by atoms with Crippen molar-refractivity contribution in [1.82, 2.24) is 4.98 Å². The molecule has 0 aliphatic rings. The zero-order valence-electron chi connectivity index (χ0n) is 11.4. The van der Waals surface area contributed by atoms with Crippen LogP contribution in [0, 0.1) is 11.3 Å². The minimum absolute atomic E-state index is 0.0304. The first-order valence-corrected chi connectivity index (χ1v) is 7.91. The van der Waals surface area contributed by atoms with E-state index in [2.05, 4.69) is 10.3 Å². The Morgan fingerprint density at radius 1 is 1.36 bits per heavy atom. The molecule has 2 N–H and O–H groups in total. The fraction of sp³-hybridized carbons (Fsp3) is 0.0714. The molecule has 7 nitrogen and oxygen atoms in total. The van der Waals surface area contributed by atoms with Crippen LogP contribution in [0.4, 0.5) is 11.5 Å². The normalized spacial score (nSPS) is 10.7. The zero-order chi connectivity index (χ0) is 16.3. The van der Waals surface area contributed by atoms with Crippen LogP contribution in [0.2, 0.25) is 0 Å². The van der Waals surface area contributed by atoms with Crippen molar-refractivity contribution in [2.45, 2.75) is 4.90 Å². The Morgan fingerprint density at radius 3 is 2.68 bits per heavy atom. The molecule has 2 rings (SSSR count). The number of benzene rings is 1. The van der Waals surface area contributed by atoms with Crippen molar-refractivity contribution in [3.63, 3.8) is 0 Å². The molecular formula is C14H11N3O4S. The maximum atomic E-state index is 11.5. The lowest BCUT2D eigenvalue weighted by Gasteiger charge is -2.10. The third-order valence-electron chi connectivity index (χ3n) is 2.81. The predicted octanol–water partition coefficient (Wildman–Crippen LogP) is 1.80. The number of aromatic nitrogens is 1. The van der Waals surface area contributed by atoms with Crippen molar-refractivity contribution < 1.29 is 18.3 Å². The van der Waals surface area contributed by atoms with Gasteiger partial charge in [-0.05, 0) is 24.3 Å². The van der Waals surface area contributed by atoms with E-state index in [9.17, 15) is 18.3 Å². The summed E-state index contributed by atoms with van der Waals surface area (Å²) < 4.78 is 23.1. The number of aromatic carboxylic acids is 1. The van der Waals surface area contributed by atoms with Crippen LogP contribution >= 0.6 is 0 Å². The van der Waals surface area contributed by atoms with Crippen molar-refractivity contribution in [3.8, 4) is 6.07 Å². The number of carboxylic acids is 1. The van der Waals surface area contributed by atoms with Gasteiger partial charge >= 0.3 is 5.97 Å². The summed E-state index contributed by atoms with van der Waals surface area (Å²) in [5.74, 6) is -1.33. The SMILES string of the molecule is CS(=O)(=O)c1cccc(Nc2nccc(C#N)c2C(=O)O)c1. The zero-order valence-corrected chi connectivity index (χ0v) is 12.3. The Balaban J connectivity index is 2.49. The highest BCUT2D eigenvalue weighted by molar-refractivity contribution is 7.90. The molecule has 1 aromatic carbocycles. The van der Waals surface area contributed by atoms with E-state index < -0.39 is 15.8 Å². The molecule has 0 saturated carbocycles. The molecule has 112 valence electrons. The first kappa shape index (κ1) is 15.5. The Bertz CT molecular complexity index is 885. The summed E-state index contributed by atoms with van der Waals surface area (Å²) in [7, 11) is -3.39. The Hall–Kier alpha value is -2.92. The molecule has 0 aliphatic heterocycles. The monoisotopic (exact) mass is 317 g/mol. The van der Waals surface area contributed by atoms with Gasteiger partial charge in [0.2, 0.25) is 0 Å². The minimum Gasteiger partial charge on any atom is -0.478 e. The topological polar surface area (TPSA) is 120 Å². The van der Waals surface area contributed by atoms with E-state index in [1.54, 1.807) is 12.1 Å². The van der Waals surface area contributed by atoms with Gasteiger partial charge in [0.1, 0.15) is 17.5 Å². The van der Waals surface area contributed by atoms with E-state index in [1.165, 1.54) is 30.5 Å². The van der Waals surface area contributed by atoms with E-state index in [0.29, 0.717) is 5.69 Å². The van der Waals surface area contributed by atoms with Crippen LogP contribution in [0.25, 0.3) is 0 Å². The molecule has 1 heterocycles. The van der Waals surface area contributed by atoms with E-state index in [0.717, 1.165) is 6.26 Å². The number of rotatable bonds is 4. The molecule has 0 saturated heterocycles. The molecule has 8 heteroatoms. The summed E-state index contributed by atoms with van der Waals surface area (Å²) in [5.41, 5.74) is 0.0482. The molecule has 2 aromatic rings. The summed E-state index contributed by atoms with van der Waals surface area (Å²) in [5, 5.41) is 20.9. The number of nitrogens with zero attached hydrogens (tertiary/aromatic N) is 2. The van der Waals surface area contributed by atoms with Gasteiger partial charge in [-0.1, -0.05) is 6.07 Å². The van der Waals surface area contributed by atoms with Crippen molar-refractivity contribution in [2.24, 2.45) is 0 Å². The number of hydrogen-bond donors (Lipinski definition) is 2. The van der Waals surface area contributed by atoms with Gasteiger partial charge in [0.15, 0.2) is 9.84 Å². The lowest BCUT2D eigenvalue weighted by Crippen LogP contribution is -2.08. The smallest absolute Gasteiger partial charge is 0.340 e. The van der Waals surface area contributed by atoms with Crippen molar-refractivity contribution in [2.75, 3.05) is 11.6 Å². The van der Waals surface area contributed by atoms with Gasteiger partial charge in [-0.25, -0.2) is 18.2 Å². The molecule has 0 radical (unpaired) electrons. The summed E-state index contributed by atoms with van der Waals surface area (Å²) in [6.45, 7) is 0. The number of sulfone groups is 1. The second-order valence-electron chi connectivity index (χ2n) is 4.42. The van der Waals surface area contributed by atoms with Gasteiger partial charge in [-0.2, -0.15) is 5.26 Å². The van der Waals surface area contributed by atoms with E-state index in [-0.39, 0.29) is 21.8 Å². The maximum absolute atomic E-state index is 11.5. The van der Waals surface area contributed by atoms with Crippen LogP contribution in [-0.2, 0) is 9.84 Å². The predicted molar refractivity (Wildman–Crippen MR) is 78.7 cm³/mol. The van der Waals surface area contributed by atoms with Gasteiger partial charge in [0.25, 0.3) is 0 Å². The highest BCUT2D eigenvalue weighted by Gasteiger charge is 2.17. The number of anilines is 2. The molecule has 0 unspecified atom stereocenters. The Labute approximate surface area is 126 Å². The summed E-state index contributed by atoms with van der Waals surface area (Å²) in [6.07, 6.45) is 2.37. The molecule has 22 heavy (non-hydrogen) atoms. The second-order valence-corrected chi connectivity index (χ2v) is 6.44. The number of nitriles is 1. The number of pyridine rings is 1. The van der Waals surface area contributed by atoms with E-state index in [1.807, 2.05) is 0 Å². The van der Waals surface area contributed by atoms with Crippen LogP contribution in [0.3, 0.4) is 0 Å². The Morgan fingerprint density at radius 2 is 2.09 bits per heavy atom. The highest BCUT2D eigenvalue weighted by atomic mass is 32.2. The molecule has 0 atom stereocenters.